The van der Waals surface area contributed by atoms with Gasteiger partial charge in [-0.2, -0.15) is 0 Å². The highest BCUT2D eigenvalue weighted by Crippen LogP contribution is 2.20. The van der Waals surface area contributed by atoms with Gasteiger partial charge >= 0.3 is 0 Å². The molecule has 6 heteroatoms. The molecule has 1 aliphatic rings. The first kappa shape index (κ1) is 17.3. The minimum atomic E-state index is -0.190. The first-order chi connectivity index (χ1) is 12.1. The summed E-state index contributed by atoms with van der Waals surface area (Å²) in [5, 5.41) is 6.29. The van der Waals surface area contributed by atoms with E-state index < -0.39 is 0 Å². The van der Waals surface area contributed by atoms with E-state index in [1.54, 1.807) is 30.3 Å². The van der Waals surface area contributed by atoms with Crippen LogP contribution in [0.25, 0.3) is 0 Å². The number of rotatable bonds is 5. The topological polar surface area (TPSA) is 61.4 Å². The van der Waals surface area contributed by atoms with Gasteiger partial charge in [0.2, 0.25) is 5.91 Å². The van der Waals surface area contributed by atoms with E-state index in [0.717, 1.165) is 31.6 Å². The second kappa shape index (κ2) is 8.03. The van der Waals surface area contributed by atoms with E-state index in [0.29, 0.717) is 16.3 Å². The van der Waals surface area contributed by atoms with Crippen LogP contribution in [0.3, 0.4) is 0 Å². The number of amides is 2. The Labute approximate surface area is 152 Å². The Bertz CT molecular complexity index is 756. The summed E-state index contributed by atoms with van der Waals surface area (Å²) in [6, 6.07) is 14.3. The average molecular weight is 358 g/mol. The Morgan fingerprint density at radius 1 is 1.00 bits per heavy atom. The van der Waals surface area contributed by atoms with Crippen molar-refractivity contribution in [1.29, 1.82) is 0 Å². The van der Waals surface area contributed by atoms with E-state index in [4.69, 9.17) is 11.6 Å². The highest BCUT2D eigenvalue weighted by molar-refractivity contribution is 6.33. The van der Waals surface area contributed by atoms with E-state index in [1.807, 2.05) is 23.1 Å². The lowest BCUT2D eigenvalue weighted by atomic mass is 10.2. The van der Waals surface area contributed by atoms with Crippen molar-refractivity contribution in [2.75, 3.05) is 30.3 Å². The van der Waals surface area contributed by atoms with Gasteiger partial charge in [0.15, 0.2) is 0 Å². The quantitative estimate of drug-likeness (QED) is 0.859. The number of hydrogen-bond donors (Lipinski definition) is 2. The number of hydrogen-bond acceptors (Lipinski definition) is 3. The van der Waals surface area contributed by atoms with Crippen molar-refractivity contribution in [3.05, 3.63) is 59.1 Å². The number of para-hydroxylation sites is 1. The van der Waals surface area contributed by atoms with Crippen LogP contribution in [0.15, 0.2) is 48.5 Å². The van der Waals surface area contributed by atoms with E-state index in [-0.39, 0.29) is 18.4 Å². The lowest BCUT2D eigenvalue weighted by molar-refractivity contribution is -0.114. The molecular formula is C19H20ClN3O2. The maximum atomic E-state index is 12.3. The average Bonchev–Trinajstić information content (AvgIpc) is 3.16. The van der Waals surface area contributed by atoms with Crippen LogP contribution < -0.4 is 10.6 Å². The lowest BCUT2D eigenvalue weighted by Gasteiger charge is -2.15. The van der Waals surface area contributed by atoms with Crippen LogP contribution in [0.5, 0.6) is 0 Å². The molecular weight excluding hydrogens is 338 g/mol. The normalized spacial score (nSPS) is 13.6. The molecule has 0 spiro atoms. The minimum absolute atomic E-state index is 0.0699. The first-order valence-electron chi connectivity index (χ1n) is 8.31. The van der Waals surface area contributed by atoms with Gasteiger partial charge < -0.3 is 15.5 Å². The van der Waals surface area contributed by atoms with Crippen LogP contribution >= 0.6 is 11.6 Å². The molecule has 0 bridgehead atoms. The van der Waals surface area contributed by atoms with E-state index in [1.165, 1.54) is 0 Å². The van der Waals surface area contributed by atoms with Crippen LogP contribution in [-0.2, 0) is 4.79 Å². The zero-order chi connectivity index (χ0) is 17.6. The number of nitrogens with zero attached hydrogens (tertiary/aromatic N) is 1. The number of nitrogens with one attached hydrogen (secondary N) is 2. The Kier molecular flexibility index (Phi) is 5.56. The number of likely N-dealkylation sites (tertiary alicyclic amines) is 1. The first-order valence-corrected chi connectivity index (χ1v) is 8.69. The summed E-state index contributed by atoms with van der Waals surface area (Å²) in [6.45, 7) is 1.78. The summed E-state index contributed by atoms with van der Waals surface area (Å²) in [5.41, 5.74) is 2.04. The molecule has 0 radical (unpaired) electrons. The summed E-state index contributed by atoms with van der Waals surface area (Å²) in [5.74, 6) is -0.120. The minimum Gasteiger partial charge on any atom is -0.376 e. The molecule has 130 valence electrons. The SMILES string of the molecule is O=C(CNc1ccc(C(=O)N2CCCC2)cc1)Nc1ccccc1Cl. The summed E-state index contributed by atoms with van der Waals surface area (Å²) in [4.78, 5) is 26.2. The third-order valence-corrected chi connectivity index (χ3v) is 4.46. The lowest BCUT2D eigenvalue weighted by Crippen LogP contribution is -2.27. The molecule has 1 aliphatic heterocycles. The molecule has 0 aromatic heterocycles. The molecule has 0 aliphatic carbocycles. The smallest absolute Gasteiger partial charge is 0.253 e. The number of anilines is 2. The molecule has 0 saturated carbocycles. The Morgan fingerprint density at radius 3 is 2.36 bits per heavy atom. The monoisotopic (exact) mass is 357 g/mol. The molecule has 5 nitrogen and oxygen atoms in total. The molecule has 3 rings (SSSR count). The Hall–Kier alpha value is -2.53. The molecule has 0 atom stereocenters. The molecule has 2 aromatic rings. The third kappa shape index (κ3) is 4.51. The van der Waals surface area contributed by atoms with Gasteiger partial charge in [-0.05, 0) is 49.2 Å². The van der Waals surface area contributed by atoms with Gasteiger partial charge in [0, 0.05) is 24.3 Å². The second-order valence-corrected chi connectivity index (χ2v) is 6.37. The third-order valence-electron chi connectivity index (χ3n) is 4.13. The number of halogens is 1. The highest BCUT2D eigenvalue weighted by Gasteiger charge is 2.19. The zero-order valence-electron chi connectivity index (χ0n) is 13.8. The Morgan fingerprint density at radius 2 is 1.68 bits per heavy atom. The molecule has 1 saturated heterocycles. The number of benzene rings is 2. The van der Waals surface area contributed by atoms with Crippen molar-refractivity contribution >= 4 is 34.8 Å². The molecule has 0 unspecified atom stereocenters. The van der Waals surface area contributed by atoms with Gasteiger partial charge in [0.25, 0.3) is 5.91 Å². The van der Waals surface area contributed by atoms with Crippen molar-refractivity contribution in [2.45, 2.75) is 12.8 Å². The van der Waals surface area contributed by atoms with Gasteiger partial charge in [-0.1, -0.05) is 23.7 Å². The number of carbonyl (C=O) groups excluding carboxylic acids is 2. The van der Waals surface area contributed by atoms with Crippen LogP contribution in [-0.4, -0.2) is 36.3 Å². The fourth-order valence-electron chi connectivity index (χ4n) is 2.77. The Balaban J connectivity index is 1.52. The second-order valence-electron chi connectivity index (χ2n) is 5.96. The summed E-state index contributed by atoms with van der Waals surface area (Å²) in [7, 11) is 0. The summed E-state index contributed by atoms with van der Waals surface area (Å²) >= 11 is 6.02. The fourth-order valence-corrected chi connectivity index (χ4v) is 2.96. The van der Waals surface area contributed by atoms with Crippen molar-refractivity contribution in [1.82, 2.24) is 4.90 Å². The van der Waals surface area contributed by atoms with Gasteiger partial charge in [-0.15, -0.1) is 0 Å². The molecule has 1 fully saturated rings. The largest absolute Gasteiger partial charge is 0.376 e. The van der Waals surface area contributed by atoms with Crippen LogP contribution in [0.1, 0.15) is 23.2 Å². The number of carbonyl (C=O) groups is 2. The maximum Gasteiger partial charge on any atom is 0.253 e. The molecule has 2 N–H and O–H groups in total. The van der Waals surface area contributed by atoms with E-state index >= 15 is 0 Å². The molecule has 2 amide bonds. The predicted octanol–water partition coefficient (Wildman–Crippen LogP) is 3.63. The van der Waals surface area contributed by atoms with Crippen LogP contribution in [0, 0.1) is 0 Å². The van der Waals surface area contributed by atoms with E-state index in [2.05, 4.69) is 10.6 Å². The van der Waals surface area contributed by atoms with Crippen LogP contribution in [0.2, 0.25) is 5.02 Å². The van der Waals surface area contributed by atoms with Crippen molar-refractivity contribution in [3.8, 4) is 0 Å². The van der Waals surface area contributed by atoms with Gasteiger partial charge in [0.05, 0.1) is 17.3 Å². The summed E-state index contributed by atoms with van der Waals surface area (Å²) in [6.07, 6.45) is 2.15. The van der Waals surface area contributed by atoms with E-state index in [9.17, 15) is 9.59 Å². The molecule has 25 heavy (non-hydrogen) atoms. The van der Waals surface area contributed by atoms with Crippen molar-refractivity contribution in [3.63, 3.8) is 0 Å². The summed E-state index contributed by atoms with van der Waals surface area (Å²) < 4.78 is 0. The maximum absolute atomic E-state index is 12.3. The standard InChI is InChI=1S/C19H20ClN3O2/c20-16-5-1-2-6-17(16)22-18(24)13-21-15-9-7-14(8-10-15)19(25)23-11-3-4-12-23/h1-2,5-10,21H,3-4,11-13H2,(H,22,24). The van der Waals surface area contributed by atoms with Gasteiger partial charge in [0.1, 0.15) is 0 Å². The zero-order valence-corrected chi connectivity index (χ0v) is 14.6. The van der Waals surface area contributed by atoms with Crippen LogP contribution in [0.4, 0.5) is 11.4 Å². The fraction of sp³-hybridized carbons (Fsp3) is 0.263. The van der Waals surface area contributed by atoms with Crippen molar-refractivity contribution in [2.24, 2.45) is 0 Å². The highest BCUT2D eigenvalue weighted by atomic mass is 35.5. The molecule has 2 aromatic carbocycles. The van der Waals surface area contributed by atoms with Crippen molar-refractivity contribution < 1.29 is 9.59 Å². The van der Waals surface area contributed by atoms with Gasteiger partial charge in [-0.25, -0.2) is 0 Å². The van der Waals surface area contributed by atoms with Gasteiger partial charge in [-0.3, -0.25) is 9.59 Å². The molecule has 1 heterocycles. The predicted molar refractivity (Wildman–Crippen MR) is 100 cm³/mol.